The number of allylic oxidation sites excluding steroid dienone is 1. The van der Waals surface area contributed by atoms with Crippen LogP contribution in [0.2, 0.25) is 0 Å². The van der Waals surface area contributed by atoms with Gasteiger partial charge in [0, 0.05) is 0 Å². The number of fused-ring (bicyclic) bond motifs is 1. The third kappa shape index (κ3) is 4.38. The van der Waals surface area contributed by atoms with Crippen molar-refractivity contribution < 1.29 is 9.53 Å². The molecule has 1 aliphatic carbocycles. The highest BCUT2D eigenvalue weighted by Gasteiger charge is 2.37. The number of hydrogen-bond acceptors (Lipinski definition) is 2. The average Bonchev–Trinajstić information content (AvgIpc) is 2.71. The fourth-order valence-electron chi connectivity index (χ4n) is 4.66. The van der Waals surface area contributed by atoms with E-state index in [9.17, 15) is 4.79 Å². The third-order valence-electron chi connectivity index (χ3n) is 6.74. The van der Waals surface area contributed by atoms with E-state index >= 15 is 0 Å². The lowest BCUT2D eigenvalue weighted by Gasteiger charge is -2.42. The topological polar surface area (TPSA) is 26.3 Å². The molecule has 2 heteroatoms. The van der Waals surface area contributed by atoms with Crippen molar-refractivity contribution in [3.05, 3.63) is 69.8 Å². The summed E-state index contributed by atoms with van der Waals surface area (Å²) in [4.78, 5) is 11.7. The van der Waals surface area contributed by atoms with Crippen LogP contribution in [0.4, 0.5) is 0 Å². The summed E-state index contributed by atoms with van der Waals surface area (Å²) < 4.78 is 4.80. The Hall–Kier alpha value is -2.35. The van der Waals surface area contributed by atoms with Crippen LogP contribution in [0.3, 0.4) is 0 Å². The maximum atomic E-state index is 11.7. The Bertz CT molecular complexity index is 959. The minimum atomic E-state index is -0.299. The Morgan fingerprint density at radius 1 is 1.00 bits per heavy atom. The summed E-state index contributed by atoms with van der Waals surface area (Å²) in [6.07, 6.45) is 6.90. The number of hydrogen-bond donors (Lipinski definition) is 0. The van der Waals surface area contributed by atoms with Gasteiger partial charge in [-0.05, 0) is 82.5 Å². The minimum Gasteiger partial charge on any atom is -0.465 e. The molecular formula is C28H36O2. The molecule has 0 N–H and O–H groups in total. The van der Waals surface area contributed by atoms with Crippen molar-refractivity contribution in [3.8, 4) is 0 Å². The molecular weight excluding hydrogens is 368 g/mol. The first-order chi connectivity index (χ1) is 14.1. The SMILES string of the molecule is CCCc1cc2c(cc1/C(C)=C/c1ccc(C(=O)OC)cc1)C(C)(C)CCC2(C)C. The molecule has 0 spiro atoms. The van der Waals surface area contributed by atoms with Crippen molar-refractivity contribution in [2.45, 2.75) is 78.1 Å². The van der Waals surface area contributed by atoms with Gasteiger partial charge in [0.2, 0.25) is 0 Å². The van der Waals surface area contributed by atoms with Gasteiger partial charge in [-0.15, -0.1) is 0 Å². The van der Waals surface area contributed by atoms with Crippen LogP contribution in [-0.2, 0) is 22.0 Å². The number of carbonyl (C=O) groups is 1. The zero-order valence-electron chi connectivity index (χ0n) is 19.7. The van der Waals surface area contributed by atoms with Gasteiger partial charge in [-0.1, -0.05) is 71.4 Å². The summed E-state index contributed by atoms with van der Waals surface area (Å²) >= 11 is 0. The van der Waals surface area contributed by atoms with Crippen molar-refractivity contribution in [1.82, 2.24) is 0 Å². The molecule has 3 rings (SSSR count). The van der Waals surface area contributed by atoms with Crippen molar-refractivity contribution in [1.29, 1.82) is 0 Å². The van der Waals surface area contributed by atoms with Gasteiger partial charge >= 0.3 is 5.97 Å². The molecule has 0 aliphatic heterocycles. The number of carbonyl (C=O) groups excluding carboxylic acids is 1. The molecule has 0 saturated carbocycles. The maximum absolute atomic E-state index is 11.7. The molecule has 0 fully saturated rings. The molecule has 0 atom stereocenters. The smallest absolute Gasteiger partial charge is 0.337 e. The molecule has 0 aromatic heterocycles. The van der Waals surface area contributed by atoms with E-state index in [4.69, 9.17) is 4.74 Å². The lowest BCUT2D eigenvalue weighted by Crippen LogP contribution is -2.34. The van der Waals surface area contributed by atoms with E-state index in [0.29, 0.717) is 5.56 Å². The van der Waals surface area contributed by atoms with Gasteiger partial charge in [0.15, 0.2) is 0 Å². The number of esters is 1. The fourth-order valence-corrected chi connectivity index (χ4v) is 4.66. The van der Waals surface area contributed by atoms with E-state index in [2.05, 4.69) is 59.8 Å². The van der Waals surface area contributed by atoms with Gasteiger partial charge in [0.1, 0.15) is 0 Å². The second kappa shape index (κ2) is 8.41. The Morgan fingerprint density at radius 3 is 2.10 bits per heavy atom. The second-order valence-corrected chi connectivity index (χ2v) is 10.0. The van der Waals surface area contributed by atoms with Crippen LogP contribution in [0.15, 0.2) is 36.4 Å². The molecule has 0 amide bonds. The van der Waals surface area contributed by atoms with Gasteiger partial charge < -0.3 is 4.74 Å². The van der Waals surface area contributed by atoms with Gasteiger partial charge in [0.05, 0.1) is 12.7 Å². The first-order valence-electron chi connectivity index (χ1n) is 11.1. The van der Waals surface area contributed by atoms with Crippen LogP contribution >= 0.6 is 0 Å². The Morgan fingerprint density at radius 2 is 1.57 bits per heavy atom. The molecule has 0 saturated heterocycles. The number of ether oxygens (including phenoxy) is 1. The lowest BCUT2D eigenvalue weighted by molar-refractivity contribution is 0.0600. The fraction of sp³-hybridized carbons (Fsp3) is 0.464. The van der Waals surface area contributed by atoms with Crippen LogP contribution in [0.5, 0.6) is 0 Å². The molecule has 30 heavy (non-hydrogen) atoms. The van der Waals surface area contributed by atoms with Crippen molar-refractivity contribution in [2.75, 3.05) is 7.11 Å². The number of benzene rings is 2. The van der Waals surface area contributed by atoms with Crippen LogP contribution in [-0.4, -0.2) is 13.1 Å². The van der Waals surface area contributed by atoms with E-state index in [1.165, 1.54) is 47.8 Å². The molecule has 0 heterocycles. The number of methoxy groups -OCH3 is 1. The average molecular weight is 405 g/mol. The Kier molecular flexibility index (Phi) is 6.26. The Balaban J connectivity index is 2.08. The molecule has 0 bridgehead atoms. The van der Waals surface area contributed by atoms with Crippen molar-refractivity contribution in [3.63, 3.8) is 0 Å². The molecule has 2 aromatic rings. The van der Waals surface area contributed by atoms with Gasteiger partial charge in [-0.3, -0.25) is 0 Å². The maximum Gasteiger partial charge on any atom is 0.337 e. The minimum absolute atomic E-state index is 0.201. The van der Waals surface area contributed by atoms with E-state index in [1.807, 2.05) is 24.3 Å². The zero-order chi connectivity index (χ0) is 22.1. The lowest BCUT2D eigenvalue weighted by atomic mass is 9.62. The first kappa shape index (κ1) is 22.3. The van der Waals surface area contributed by atoms with Gasteiger partial charge in [0.25, 0.3) is 0 Å². The normalized spacial score (nSPS) is 17.4. The van der Waals surface area contributed by atoms with Crippen molar-refractivity contribution >= 4 is 17.6 Å². The predicted octanol–water partition coefficient (Wildman–Crippen LogP) is 7.34. The first-order valence-corrected chi connectivity index (χ1v) is 11.1. The van der Waals surface area contributed by atoms with E-state index < -0.39 is 0 Å². The molecule has 0 unspecified atom stereocenters. The highest BCUT2D eigenvalue weighted by atomic mass is 16.5. The number of rotatable bonds is 5. The largest absolute Gasteiger partial charge is 0.465 e. The monoisotopic (exact) mass is 404 g/mol. The summed E-state index contributed by atoms with van der Waals surface area (Å²) in [5.41, 5.74) is 9.21. The van der Waals surface area contributed by atoms with Crippen LogP contribution in [0, 0.1) is 0 Å². The summed E-state index contributed by atoms with van der Waals surface area (Å²) in [5, 5.41) is 0. The number of aryl methyl sites for hydroxylation is 1. The quantitative estimate of drug-likeness (QED) is 0.385. The van der Waals surface area contributed by atoms with E-state index in [-0.39, 0.29) is 16.8 Å². The van der Waals surface area contributed by atoms with Crippen LogP contribution in [0.1, 0.15) is 99.0 Å². The van der Waals surface area contributed by atoms with E-state index in [1.54, 1.807) is 0 Å². The van der Waals surface area contributed by atoms with E-state index in [0.717, 1.165) is 18.4 Å². The molecule has 2 aromatic carbocycles. The summed E-state index contributed by atoms with van der Waals surface area (Å²) in [6.45, 7) is 14.0. The standard InChI is InChI=1S/C28H36O2/c1-8-9-22-17-24-25(28(5,6)15-14-27(24,3)4)18-23(22)19(2)16-20-10-12-21(13-11-20)26(29)30-7/h10-13,16-18H,8-9,14-15H2,1-7H3/b19-16+. The molecule has 1 aliphatic rings. The highest BCUT2D eigenvalue weighted by molar-refractivity contribution is 5.90. The van der Waals surface area contributed by atoms with Crippen molar-refractivity contribution in [2.24, 2.45) is 0 Å². The Labute approximate surface area is 182 Å². The van der Waals surface area contributed by atoms with Crippen LogP contribution in [0.25, 0.3) is 11.6 Å². The predicted molar refractivity (Wildman–Crippen MR) is 127 cm³/mol. The second-order valence-electron chi connectivity index (χ2n) is 10.0. The summed E-state index contributed by atoms with van der Waals surface area (Å²) in [5.74, 6) is -0.299. The third-order valence-corrected chi connectivity index (χ3v) is 6.74. The summed E-state index contributed by atoms with van der Waals surface area (Å²) in [6, 6.07) is 12.6. The van der Waals surface area contributed by atoms with Gasteiger partial charge in [-0.25, -0.2) is 4.79 Å². The molecule has 0 radical (unpaired) electrons. The molecule has 2 nitrogen and oxygen atoms in total. The van der Waals surface area contributed by atoms with Gasteiger partial charge in [-0.2, -0.15) is 0 Å². The zero-order valence-corrected chi connectivity index (χ0v) is 19.7. The highest BCUT2D eigenvalue weighted by Crippen LogP contribution is 2.47. The molecule has 160 valence electrons. The van der Waals surface area contributed by atoms with Crippen LogP contribution < -0.4 is 0 Å². The summed E-state index contributed by atoms with van der Waals surface area (Å²) in [7, 11) is 1.41.